The largest absolute Gasteiger partial charge is 0.314 e. The van der Waals surface area contributed by atoms with Gasteiger partial charge in [-0.1, -0.05) is 62.2 Å². The average molecular weight is 298 g/mol. The zero-order chi connectivity index (χ0) is 12.8. The summed E-state index contributed by atoms with van der Waals surface area (Å²) in [6.07, 6.45) is 1.22. The van der Waals surface area contributed by atoms with Crippen LogP contribution in [0.4, 0.5) is 0 Å². The predicted octanol–water partition coefficient (Wildman–Crippen LogP) is 4.58. The fraction of sp³-hybridized carbons (Fsp3) is 0.600. The fourth-order valence-electron chi connectivity index (χ4n) is 2.00. The molecule has 1 aromatic rings. The highest BCUT2D eigenvalue weighted by Crippen LogP contribution is 2.27. The molecule has 17 heavy (non-hydrogen) atoms. The van der Waals surface area contributed by atoms with Crippen LogP contribution in [-0.2, 0) is 0 Å². The fourth-order valence-corrected chi connectivity index (χ4v) is 2.27. The molecule has 0 spiro atoms. The maximum atomic E-state index is 3.56. The molecule has 96 valence electrons. The van der Waals surface area contributed by atoms with E-state index in [9.17, 15) is 0 Å². The zero-order valence-electron chi connectivity index (χ0n) is 11.3. The van der Waals surface area contributed by atoms with E-state index in [4.69, 9.17) is 0 Å². The van der Waals surface area contributed by atoms with Gasteiger partial charge in [0.1, 0.15) is 0 Å². The molecule has 0 aliphatic rings. The van der Waals surface area contributed by atoms with Crippen LogP contribution >= 0.6 is 15.9 Å². The number of benzene rings is 1. The minimum atomic E-state index is 0.553. The summed E-state index contributed by atoms with van der Waals surface area (Å²) in [7, 11) is 0. The van der Waals surface area contributed by atoms with Crippen molar-refractivity contribution in [3.63, 3.8) is 0 Å². The summed E-state index contributed by atoms with van der Waals surface area (Å²) in [5, 5.41) is 3.56. The van der Waals surface area contributed by atoms with Crippen molar-refractivity contribution in [2.24, 2.45) is 5.92 Å². The molecule has 1 N–H and O–H groups in total. The summed E-state index contributed by atoms with van der Waals surface area (Å²) in [4.78, 5) is 0. The van der Waals surface area contributed by atoms with Gasteiger partial charge in [0.15, 0.2) is 0 Å². The molecule has 0 radical (unpaired) electrons. The number of hydrogen-bond acceptors (Lipinski definition) is 1. The molecule has 0 saturated heterocycles. The number of rotatable bonds is 6. The summed E-state index contributed by atoms with van der Waals surface area (Å²) in [6.45, 7) is 10.1. The third kappa shape index (κ3) is 4.81. The maximum absolute atomic E-state index is 3.56. The third-order valence-corrected chi connectivity index (χ3v) is 3.90. The van der Waals surface area contributed by atoms with Gasteiger partial charge in [-0.25, -0.2) is 0 Å². The van der Waals surface area contributed by atoms with Gasteiger partial charge in [0.05, 0.1) is 0 Å². The van der Waals surface area contributed by atoms with Crippen molar-refractivity contribution in [2.45, 2.75) is 46.1 Å². The van der Waals surface area contributed by atoms with Crippen molar-refractivity contribution in [1.82, 2.24) is 5.32 Å². The molecular formula is C15H24BrN. The molecule has 2 atom stereocenters. The second-order valence-corrected chi connectivity index (χ2v) is 6.02. The van der Waals surface area contributed by atoms with Gasteiger partial charge in [-0.3, -0.25) is 0 Å². The van der Waals surface area contributed by atoms with Gasteiger partial charge in [-0.05, 0) is 29.5 Å². The highest BCUT2D eigenvalue weighted by molar-refractivity contribution is 9.10. The lowest BCUT2D eigenvalue weighted by Gasteiger charge is -2.25. The van der Waals surface area contributed by atoms with Crippen LogP contribution in [0.5, 0.6) is 0 Å². The van der Waals surface area contributed by atoms with Gasteiger partial charge in [0.2, 0.25) is 0 Å². The van der Waals surface area contributed by atoms with Crippen molar-refractivity contribution in [2.75, 3.05) is 6.54 Å². The molecule has 0 saturated carbocycles. The number of halogens is 1. The minimum absolute atomic E-state index is 0.553. The first-order valence-electron chi connectivity index (χ1n) is 6.53. The van der Waals surface area contributed by atoms with E-state index in [0.29, 0.717) is 17.9 Å². The Kier molecular flexibility index (Phi) is 6.21. The van der Waals surface area contributed by atoms with E-state index in [1.165, 1.54) is 12.0 Å². The summed E-state index contributed by atoms with van der Waals surface area (Å²) < 4.78 is 1.15. The van der Waals surface area contributed by atoms with Crippen LogP contribution in [0.25, 0.3) is 0 Å². The molecular weight excluding hydrogens is 274 g/mol. The van der Waals surface area contributed by atoms with E-state index >= 15 is 0 Å². The van der Waals surface area contributed by atoms with Crippen molar-refractivity contribution < 1.29 is 0 Å². The Hall–Kier alpha value is -0.340. The topological polar surface area (TPSA) is 12.0 Å². The van der Waals surface area contributed by atoms with Gasteiger partial charge in [0.25, 0.3) is 0 Å². The Morgan fingerprint density at radius 1 is 1.12 bits per heavy atom. The van der Waals surface area contributed by atoms with Crippen LogP contribution in [-0.4, -0.2) is 12.6 Å². The first-order valence-corrected chi connectivity index (χ1v) is 7.32. The molecule has 0 aliphatic heterocycles. The highest BCUT2D eigenvalue weighted by atomic mass is 79.9. The lowest BCUT2D eigenvalue weighted by molar-refractivity contribution is 0.407. The van der Waals surface area contributed by atoms with E-state index in [-0.39, 0.29) is 0 Å². The van der Waals surface area contributed by atoms with E-state index in [0.717, 1.165) is 11.0 Å². The molecule has 1 nitrogen and oxygen atoms in total. The molecule has 0 aliphatic carbocycles. The van der Waals surface area contributed by atoms with Gasteiger partial charge in [0, 0.05) is 17.1 Å². The molecule has 1 aromatic carbocycles. The van der Waals surface area contributed by atoms with Crippen LogP contribution in [0.3, 0.4) is 0 Å². The van der Waals surface area contributed by atoms with Crippen LogP contribution in [0.1, 0.15) is 45.6 Å². The average Bonchev–Trinajstić information content (AvgIpc) is 2.30. The van der Waals surface area contributed by atoms with Crippen LogP contribution in [0.15, 0.2) is 28.7 Å². The summed E-state index contributed by atoms with van der Waals surface area (Å²) in [6, 6.07) is 9.31. The molecule has 0 amide bonds. The van der Waals surface area contributed by atoms with Crippen LogP contribution < -0.4 is 5.32 Å². The third-order valence-electron chi connectivity index (χ3n) is 3.38. The van der Waals surface area contributed by atoms with Gasteiger partial charge in [-0.15, -0.1) is 0 Å². The van der Waals surface area contributed by atoms with Gasteiger partial charge < -0.3 is 5.32 Å². The molecule has 2 unspecified atom stereocenters. The van der Waals surface area contributed by atoms with Gasteiger partial charge in [-0.2, -0.15) is 0 Å². The van der Waals surface area contributed by atoms with Crippen molar-refractivity contribution >= 4 is 15.9 Å². The standard InChI is InChI=1S/C15H24BrN/c1-5-12(4)15(10-17-11(2)3)13-6-8-14(16)9-7-13/h6-9,11-12,15,17H,5,10H2,1-4H3. The monoisotopic (exact) mass is 297 g/mol. The van der Waals surface area contributed by atoms with Crippen molar-refractivity contribution in [1.29, 1.82) is 0 Å². The molecule has 0 fully saturated rings. The number of hydrogen-bond donors (Lipinski definition) is 1. The Morgan fingerprint density at radius 3 is 2.18 bits per heavy atom. The number of nitrogens with one attached hydrogen (secondary N) is 1. The molecule has 0 heterocycles. The Balaban J connectivity index is 2.78. The normalized spacial score (nSPS) is 14.9. The smallest absolute Gasteiger partial charge is 0.0175 e. The first kappa shape index (κ1) is 14.7. The molecule has 2 heteroatoms. The van der Waals surface area contributed by atoms with Crippen molar-refractivity contribution in [3.05, 3.63) is 34.3 Å². The molecule has 1 rings (SSSR count). The first-order chi connectivity index (χ1) is 8.04. The van der Waals surface area contributed by atoms with Crippen molar-refractivity contribution in [3.8, 4) is 0 Å². The summed E-state index contributed by atoms with van der Waals surface area (Å²) in [5.41, 5.74) is 1.44. The second kappa shape index (κ2) is 7.17. The second-order valence-electron chi connectivity index (χ2n) is 5.11. The zero-order valence-corrected chi connectivity index (χ0v) is 12.9. The van der Waals surface area contributed by atoms with E-state index in [1.54, 1.807) is 0 Å². The lowest BCUT2D eigenvalue weighted by atomic mass is 9.85. The van der Waals surface area contributed by atoms with E-state index < -0.39 is 0 Å². The molecule has 0 aromatic heterocycles. The predicted molar refractivity (Wildman–Crippen MR) is 79.5 cm³/mol. The lowest BCUT2D eigenvalue weighted by Crippen LogP contribution is -2.30. The van der Waals surface area contributed by atoms with E-state index in [2.05, 4.69) is 73.2 Å². The van der Waals surface area contributed by atoms with Crippen LogP contribution in [0.2, 0.25) is 0 Å². The Bertz CT molecular complexity index is 318. The quantitative estimate of drug-likeness (QED) is 0.810. The maximum Gasteiger partial charge on any atom is 0.0175 e. The highest BCUT2D eigenvalue weighted by Gasteiger charge is 2.17. The summed E-state index contributed by atoms with van der Waals surface area (Å²) >= 11 is 3.50. The van der Waals surface area contributed by atoms with Gasteiger partial charge >= 0.3 is 0 Å². The summed E-state index contributed by atoms with van der Waals surface area (Å²) in [5.74, 6) is 1.32. The Labute approximate surface area is 114 Å². The molecule has 0 bridgehead atoms. The van der Waals surface area contributed by atoms with E-state index in [1.807, 2.05) is 0 Å². The minimum Gasteiger partial charge on any atom is -0.314 e. The van der Waals surface area contributed by atoms with Crippen LogP contribution in [0, 0.1) is 5.92 Å². The SMILES string of the molecule is CCC(C)C(CNC(C)C)c1ccc(Br)cc1. The Morgan fingerprint density at radius 2 is 1.71 bits per heavy atom.